The van der Waals surface area contributed by atoms with Crippen molar-refractivity contribution in [1.29, 1.82) is 0 Å². The maximum absolute atomic E-state index is 14.1. The first-order valence-corrected chi connectivity index (χ1v) is 8.82. The summed E-state index contributed by atoms with van der Waals surface area (Å²) < 4.78 is 19.0. The van der Waals surface area contributed by atoms with Crippen molar-refractivity contribution in [3.05, 3.63) is 24.0 Å². The molecule has 0 aliphatic carbocycles. The Balaban J connectivity index is 1.70. The number of amides is 3. The third-order valence-corrected chi connectivity index (χ3v) is 4.73. The molecule has 0 spiro atoms. The van der Waals surface area contributed by atoms with Gasteiger partial charge in [0.25, 0.3) is 0 Å². The Bertz CT molecular complexity index is 724. The number of nitrogens with one attached hydrogen (secondary N) is 1. The van der Waals surface area contributed by atoms with Crippen LogP contribution in [0.2, 0.25) is 0 Å². The fourth-order valence-corrected chi connectivity index (χ4v) is 3.28. The number of rotatable bonds is 4. The fraction of sp³-hybridized carbons (Fsp3) is 0.500. The molecule has 2 saturated heterocycles. The zero-order valence-electron chi connectivity index (χ0n) is 14.7. The molecule has 2 aliphatic rings. The smallest absolute Gasteiger partial charge is 0.414 e. The summed E-state index contributed by atoms with van der Waals surface area (Å²) in [5.41, 5.74) is 0.488. The molecule has 0 aromatic heterocycles. The average molecular weight is 363 g/mol. The SMILES string of the molecule is CCC(=O)N1CCCC(C(=O)Nc2cc(N3CCOC3=O)ccc2F)C1. The Kier molecular flexibility index (Phi) is 5.39. The lowest BCUT2D eigenvalue weighted by molar-refractivity contribution is -0.134. The van der Waals surface area contributed by atoms with E-state index in [-0.39, 0.29) is 30.0 Å². The minimum absolute atomic E-state index is 0.0169. The van der Waals surface area contributed by atoms with E-state index in [1.54, 1.807) is 11.8 Å². The Morgan fingerprint density at radius 3 is 2.85 bits per heavy atom. The van der Waals surface area contributed by atoms with Gasteiger partial charge in [-0.05, 0) is 31.0 Å². The van der Waals surface area contributed by atoms with E-state index < -0.39 is 11.9 Å². The lowest BCUT2D eigenvalue weighted by atomic mass is 9.96. The van der Waals surface area contributed by atoms with Crippen molar-refractivity contribution in [1.82, 2.24) is 4.90 Å². The third kappa shape index (κ3) is 3.79. The first-order chi connectivity index (χ1) is 12.5. The quantitative estimate of drug-likeness (QED) is 0.891. The molecule has 3 amide bonds. The number of carbonyl (C=O) groups excluding carboxylic acids is 3. The summed E-state index contributed by atoms with van der Waals surface area (Å²) in [4.78, 5) is 39.1. The van der Waals surface area contributed by atoms with Gasteiger partial charge in [0, 0.05) is 25.2 Å². The van der Waals surface area contributed by atoms with Gasteiger partial charge in [-0.1, -0.05) is 6.92 Å². The highest BCUT2D eigenvalue weighted by atomic mass is 19.1. The number of ether oxygens (including phenoxy) is 1. The van der Waals surface area contributed by atoms with E-state index >= 15 is 0 Å². The summed E-state index contributed by atoms with van der Waals surface area (Å²) in [6.07, 6.45) is 1.30. The highest BCUT2D eigenvalue weighted by Gasteiger charge is 2.29. The molecule has 2 aliphatic heterocycles. The van der Waals surface area contributed by atoms with E-state index in [4.69, 9.17) is 4.74 Å². The molecule has 0 bridgehead atoms. The number of cyclic esters (lactones) is 1. The second-order valence-corrected chi connectivity index (χ2v) is 6.45. The largest absolute Gasteiger partial charge is 0.447 e. The van der Waals surface area contributed by atoms with Crippen LogP contribution in [0.4, 0.5) is 20.6 Å². The fourth-order valence-electron chi connectivity index (χ4n) is 3.28. The van der Waals surface area contributed by atoms with Crippen LogP contribution in [0.25, 0.3) is 0 Å². The van der Waals surface area contributed by atoms with E-state index in [1.165, 1.54) is 23.1 Å². The molecular formula is C18H22FN3O4. The number of halogens is 1. The Labute approximate surface area is 151 Å². The van der Waals surface area contributed by atoms with Gasteiger partial charge in [0.1, 0.15) is 12.4 Å². The molecule has 1 aromatic carbocycles. The van der Waals surface area contributed by atoms with Crippen molar-refractivity contribution >= 4 is 29.3 Å². The number of likely N-dealkylation sites (tertiary alicyclic amines) is 1. The zero-order chi connectivity index (χ0) is 18.7. The molecular weight excluding hydrogens is 341 g/mol. The van der Waals surface area contributed by atoms with Gasteiger partial charge >= 0.3 is 6.09 Å². The number of hydrogen-bond acceptors (Lipinski definition) is 4. The van der Waals surface area contributed by atoms with Gasteiger partial charge in [0.05, 0.1) is 18.2 Å². The molecule has 26 heavy (non-hydrogen) atoms. The summed E-state index contributed by atoms with van der Waals surface area (Å²) in [5, 5.41) is 2.61. The normalized spacial score (nSPS) is 20.1. The summed E-state index contributed by atoms with van der Waals surface area (Å²) in [6.45, 7) is 3.45. The van der Waals surface area contributed by atoms with Crippen LogP contribution in [0.5, 0.6) is 0 Å². The highest BCUT2D eigenvalue weighted by Crippen LogP contribution is 2.26. The molecule has 1 atom stereocenters. The number of hydrogen-bond donors (Lipinski definition) is 1. The van der Waals surface area contributed by atoms with E-state index in [0.29, 0.717) is 38.2 Å². The predicted octanol–water partition coefficient (Wildman–Crippen LogP) is 2.37. The van der Waals surface area contributed by atoms with Crippen LogP contribution in [-0.2, 0) is 14.3 Å². The Morgan fingerprint density at radius 1 is 1.35 bits per heavy atom. The molecule has 0 radical (unpaired) electrons. The molecule has 1 N–H and O–H groups in total. The van der Waals surface area contributed by atoms with Gasteiger partial charge in [0.15, 0.2) is 0 Å². The highest BCUT2D eigenvalue weighted by molar-refractivity contribution is 5.95. The van der Waals surface area contributed by atoms with Crippen LogP contribution >= 0.6 is 0 Å². The maximum Gasteiger partial charge on any atom is 0.414 e. The number of nitrogens with zero attached hydrogens (tertiary/aromatic N) is 2. The van der Waals surface area contributed by atoms with Crippen molar-refractivity contribution in [2.24, 2.45) is 5.92 Å². The van der Waals surface area contributed by atoms with Crippen molar-refractivity contribution in [2.45, 2.75) is 26.2 Å². The van der Waals surface area contributed by atoms with Crippen molar-refractivity contribution in [2.75, 3.05) is 36.5 Å². The summed E-state index contributed by atoms with van der Waals surface area (Å²) >= 11 is 0. The summed E-state index contributed by atoms with van der Waals surface area (Å²) in [5.74, 6) is -1.26. The average Bonchev–Trinajstić information content (AvgIpc) is 3.09. The molecule has 140 valence electrons. The van der Waals surface area contributed by atoms with E-state index in [9.17, 15) is 18.8 Å². The molecule has 3 rings (SSSR count). The molecule has 2 fully saturated rings. The minimum atomic E-state index is -0.577. The number of benzene rings is 1. The van der Waals surface area contributed by atoms with Gasteiger partial charge in [-0.15, -0.1) is 0 Å². The maximum atomic E-state index is 14.1. The van der Waals surface area contributed by atoms with E-state index in [0.717, 1.165) is 6.42 Å². The predicted molar refractivity (Wildman–Crippen MR) is 93.3 cm³/mol. The first kappa shape index (κ1) is 18.2. The molecule has 0 saturated carbocycles. The minimum Gasteiger partial charge on any atom is -0.447 e. The molecule has 7 nitrogen and oxygen atoms in total. The Morgan fingerprint density at radius 2 is 2.15 bits per heavy atom. The van der Waals surface area contributed by atoms with Crippen molar-refractivity contribution in [3.63, 3.8) is 0 Å². The van der Waals surface area contributed by atoms with Crippen molar-refractivity contribution < 1.29 is 23.5 Å². The zero-order valence-corrected chi connectivity index (χ0v) is 14.7. The van der Waals surface area contributed by atoms with Crippen LogP contribution in [-0.4, -0.2) is 49.0 Å². The third-order valence-electron chi connectivity index (χ3n) is 4.73. The lowest BCUT2D eigenvalue weighted by Gasteiger charge is -2.32. The molecule has 1 aromatic rings. The molecule has 2 heterocycles. The van der Waals surface area contributed by atoms with Gasteiger partial charge in [-0.3, -0.25) is 14.5 Å². The van der Waals surface area contributed by atoms with Gasteiger partial charge in [0.2, 0.25) is 11.8 Å². The monoisotopic (exact) mass is 363 g/mol. The van der Waals surface area contributed by atoms with Gasteiger partial charge in [-0.2, -0.15) is 0 Å². The van der Waals surface area contributed by atoms with E-state index in [1.807, 2.05) is 0 Å². The summed E-state index contributed by atoms with van der Waals surface area (Å²) in [7, 11) is 0. The Hall–Kier alpha value is -2.64. The first-order valence-electron chi connectivity index (χ1n) is 8.82. The van der Waals surface area contributed by atoms with Crippen LogP contribution in [0.1, 0.15) is 26.2 Å². The summed E-state index contributed by atoms with van der Waals surface area (Å²) in [6, 6.07) is 4.11. The van der Waals surface area contributed by atoms with Crippen molar-refractivity contribution in [3.8, 4) is 0 Å². The van der Waals surface area contributed by atoms with Crippen LogP contribution in [0.3, 0.4) is 0 Å². The second-order valence-electron chi connectivity index (χ2n) is 6.45. The van der Waals surface area contributed by atoms with Gasteiger partial charge < -0.3 is 15.0 Å². The molecule has 1 unspecified atom stereocenters. The molecule has 8 heteroatoms. The second kappa shape index (κ2) is 7.72. The number of carbonyl (C=O) groups is 3. The van der Waals surface area contributed by atoms with Crippen LogP contribution < -0.4 is 10.2 Å². The number of anilines is 2. The van der Waals surface area contributed by atoms with Crippen LogP contribution in [0.15, 0.2) is 18.2 Å². The number of piperidine rings is 1. The van der Waals surface area contributed by atoms with E-state index in [2.05, 4.69) is 5.32 Å². The van der Waals surface area contributed by atoms with Crippen LogP contribution in [0, 0.1) is 11.7 Å². The topological polar surface area (TPSA) is 79.0 Å². The van der Waals surface area contributed by atoms with Gasteiger partial charge in [-0.25, -0.2) is 9.18 Å². The lowest BCUT2D eigenvalue weighted by Crippen LogP contribution is -2.43. The standard InChI is InChI=1S/C18H22FN3O4/c1-2-16(23)21-7-3-4-12(11-21)17(24)20-15-10-13(5-6-14(15)19)22-8-9-26-18(22)25/h5-6,10,12H,2-4,7-9,11H2,1H3,(H,20,24).